The largest absolute Gasteiger partial charge is 0.323 e. The lowest BCUT2D eigenvalue weighted by molar-refractivity contribution is -0.119. The number of hydrogen-bond donors (Lipinski definition) is 1. The molecular formula is C16H15N5O2. The highest BCUT2D eigenvalue weighted by Crippen LogP contribution is 2.13. The van der Waals surface area contributed by atoms with Gasteiger partial charge in [0, 0.05) is 6.20 Å². The summed E-state index contributed by atoms with van der Waals surface area (Å²) in [6, 6.07) is 9.64. The average molecular weight is 309 g/mol. The van der Waals surface area contributed by atoms with E-state index >= 15 is 0 Å². The Morgan fingerprint density at radius 1 is 1.26 bits per heavy atom. The van der Waals surface area contributed by atoms with E-state index in [1.165, 1.54) is 0 Å². The molecule has 3 aromatic rings. The van der Waals surface area contributed by atoms with Crippen LogP contribution in [0.25, 0.3) is 10.9 Å². The lowest BCUT2D eigenvalue weighted by Crippen LogP contribution is -2.35. The van der Waals surface area contributed by atoms with E-state index in [-0.39, 0.29) is 11.5 Å². The first-order valence-corrected chi connectivity index (χ1v) is 7.26. The Kier molecular flexibility index (Phi) is 4.09. The van der Waals surface area contributed by atoms with Crippen molar-refractivity contribution in [3.63, 3.8) is 0 Å². The molecule has 0 aliphatic heterocycles. The zero-order valence-corrected chi connectivity index (χ0v) is 12.5. The summed E-state index contributed by atoms with van der Waals surface area (Å²) in [7, 11) is 0. The second-order valence-electron chi connectivity index (χ2n) is 5.01. The van der Waals surface area contributed by atoms with Crippen molar-refractivity contribution in [2.45, 2.75) is 19.4 Å². The molecule has 2 heterocycles. The van der Waals surface area contributed by atoms with Crippen molar-refractivity contribution < 1.29 is 4.79 Å². The predicted molar refractivity (Wildman–Crippen MR) is 86.0 cm³/mol. The number of fused-ring (bicyclic) bond motifs is 1. The van der Waals surface area contributed by atoms with Gasteiger partial charge in [0.25, 0.3) is 5.56 Å². The maximum Gasteiger partial charge on any atom is 0.278 e. The van der Waals surface area contributed by atoms with Crippen molar-refractivity contribution in [3.05, 3.63) is 59.1 Å². The molecule has 0 spiro atoms. The minimum absolute atomic E-state index is 0.327. The topological polar surface area (TPSA) is 89.8 Å². The van der Waals surface area contributed by atoms with Crippen LogP contribution in [0.5, 0.6) is 0 Å². The molecule has 3 rings (SSSR count). The maximum atomic E-state index is 12.6. The molecule has 7 nitrogen and oxygen atoms in total. The number of nitrogens with zero attached hydrogens (tertiary/aromatic N) is 4. The molecule has 0 unspecified atom stereocenters. The highest BCUT2D eigenvalue weighted by molar-refractivity contribution is 5.93. The third kappa shape index (κ3) is 2.94. The lowest BCUT2D eigenvalue weighted by atomic mass is 10.2. The van der Waals surface area contributed by atoms with Crippen molar-refractivity contribution in [2.75, 3.05) is 5.32 Å². The van der Waals surface area contributed by atoms with Gasteiger partial charge >= 0.3 is 0 Å². The zero-order valence-electron chi connectivity index (χ0n) is 12.5. The summed E-state index contributed by atoms with van der Waals surface area (Å²) < 4.78 is 1.13. The third-order valence-corrected chi connectivity index (χ3v) is 3.50. The normalized spacial score (nSPS) is 12.0. The van der Waals surface area contributed by atoms with E-state index in [0.29, 0.717) is 23.0 Å². The van der Waals surface area contributed by atoms with Gasteiger partial charge in [0.2, 0.25) is 5.91 Å². The first-order valence-electron chi connectivity index (χ1n) is 7.26. The smallest absolute Gasteiger partial charge is 0.278 e. The van der Waals surface area contributed by atoms with Gasteiger partial charge in [-0.2, -0.15) is 4.68 Å². The fourth-order valence-corrected chi connectivity index (χ4v) is 2.34. The quantitative estimate of drug-likeness (QED) is 0.793. The lowest BCUT2D eigenvalue weighted by Gasteiger charge is -2.16. The van der Waals surface area contributed by atoms with Gasteiger partial charge in [0.15, 0.2) is 0 Å². The van der Waals surface area contributed by atoms with E-state index in [0.717, 1.165) is 4.68 Å². The van der Waals surface area contributed by atoms with Crippen LogP contribution in [0.3, 0.4) is 0 Å². The van der Waals surface area contributed by atoms with E-state index in [1.54, 1.807) is 48.8 Å². The zero-order chi connectivity index (χ0) is 16.2. The van der Waals surface area contributed by atoms with Gasteiger partial charge in [0.05, 0.1) is 17.3 Å². The van der Waals surface area contributed by atoms with Crippen LogP contribution < -0.4 is 10.9 Å². The fraction of sp³-hybridized carbons (Fsp3) is 0.188. The molecule has 0 radical (unpaired) electrons. The molecule has 0 saturated carbocycles. The van der Waals surface area contributed by atoms with Crippen molar-refractivity contribution in [2.24, 2.45) is 0 Å². The number of pyridine rings is 1. The number of rotatable bonds is 4. The van der Waals surface area contributed by atoms with Crippen LogP contribution in [0.4, 0.5) is 5.69 Å². The van der Waals surface area contributed by atoms with E-state index in [9.17, 15) is 9.59 Å². The monoisotopic (exact) mass is 309 g/mol. The predicted octanol–water partition coefficient (Wildman–Crippen LogP) is 1.78. The molecule has 0 aliphatic carbocycles. The number of nitrogens with one attached hydrogen (secondary N) is 1. The Hall–Kier alpha value is -3.09. The van der Waals surface area contributed by atoms with Crippen LogP contribution in [0, 0.1) is 0 Å². The Morgan fingerprint density at radius 2 is 2.09 bits per heavy atom. The van der Waals surface area contributed by atoms with Gasteiger partial charge in [0.1, 0.15) is 11.6 Å². The minimum atomic E-state index is -0.736. The number of carbonyl (C=O) groups excluding carboxylic acids is 1. The molecular weight excluding hydrogens is 294 g/mol. The highest BCUT2D eigenvalue weighted by Gasteiger charge is 2.22. The summed E-state index contributed by atoms with van der Waals surface area (Å²) in [6.45, 7) is 1.82. The Morgan fingerprint density at radius 3 is 2.83 bits per heavy atom. The second kappa shape index (κ2) is 6.35. The van der Waals surface area contributed by atoms with Gasteiger partial charge in [-0.25, -0.2) is 0 Å². The van der Waals surface area contributed by atoms with Crippen LogP contribution in [-0.2, 0) is 4.79 Å². The summed E-state index contributed by atoms with van der Waals surface area (Å²) in [5, 5.41) is 11.1. The fourth-order valence-electron chi connectivity index (χ4n) is 2.34. The van der Waals surface area contributed by atoms with Gasteiger partial charge in [-0.3, -0.25) is 14.6 Å². The number of carbonyl (C=O) groups is 1. The molecule has 116 valence electrons. The molecule has 1 atom stereocenters. The SMILES string of the molecule is CC[C@H](C(=O)Nc1cccnc1)n1nnc2ccccc2c1=O. The van der Waals surface area contributed by atoms with Crippen LogP contribution in [0.2, 0.25) is 0 Å². The molecule has 7 heteroatoms. The summed E-state index contributed by atoms with van der Waals surface area (Å²) in [6.07, 6.45) is 3.57. The molecule has 0 fully saturated rings. The van der Waals surface area contributed by atoms with E-state index in [2.05, 4.69) is 20.6 Å². The van der Waals surface area contributed by atoms with Crippen LogP contribution >= 0.6 is 0 Å². The first kappa shape index (κ1) is 14.8. The average Bonchev–Trinajstić information content (AvgIpc) is 2.58. The van der Waals surface area contributed by atoms with Crippen LogP contribution in [-0.4, -0.2) is 25.9 Å². The van der Waals surface area contributed by atoms with Gasteiger partial charge in [-0.15, -0.1) is 5.10 Å². The Balaban J connectivity index is 1.96. The first-order chi connectivity index (χ1) is 11.2. The standard InChI is InChI=1S/C16H15N5O2/c1-2-14(15(22)18-11-6-5-9-17-10-11)21-16(23)12-7-3-4-8-13(12)19-20-21/h3-10,14H,2H2,1H3,(H,18,22)/t14-/m1/s1. The third-order valence-electron chi connectivity index (χ3n) is 3.50. The van der Waals surface area contributed by atoms with E-state index in [1.807, 2.05) is 6.92 Å². The van der Waals surface area contributed by atoms with E-state index in [4.69, 9.17) is 0 Å². The van der Waals surface area contributed by atoms with Crippen molar-refractivity contribution in [1.82, 2.24) is 20.0 Å². The van der Waals surface area contributed by atoms with Gasteiger partial charge in [-0.1, -0.05) is 24.3 Å². The van der Waals surface area contributed by atoms with Crippen LogP contribution in [0.1, 0.15) is 19.4 Å². The molecule has 1 amide bonds. The van der Waals surface area contributed by atoms with Crippen LogP contribution in [0.15, 0.2) is 53.6 Å². The van der Waals surface area contributed by atoms with Crippen molar-refractivity contribution in [1.29, 1.82) is 0 Å². The summed E-state index contributed by atoms with van der Waals surface area (Å²) in [4.78, 5) is 29.0. The molecule has 0 bridgehead atoms. The van der Waals surface area contributed by atoms with Crippen molar-refractivity contribution in [3.8, 4) is 0 Å². The number of hydrogen-bond acceptors (Lipinski definition) is 5. The summed E-state index contributed by atoms with van der Waals surface area (Å²) in [5.41, 5.74) is 0.748. The summed E-state index contributed by atoms with van der Waals surface area (Å²) >= 11 is 0. The van der Waals surface area contributed by atoms with E-state index < -0.39 is 6.04 Å². The maximum absolute atomic E-state index is 12.6. The number of benzene rings is 1. The molecule has 0 aliphatic rings. The molecule has 0 saturated heterocycles. The van der Waals surface area contributed by atoms with Crippen molar-refractivity contribution >= 4 is 22.5 Å². The second-order valence-corrected chi connectivity index (χ2v) is 5.01. The Labute approximate surface area is 132 Å². The van der Waals surface area contributed by atoms with Gasteiger partial charge < -0.3 is 5.32 Å². The number of aromatic nitrogens is 4. The minimum Gasteiger partial charge on any atom is -0.323 e. The molecule has 1 N–H and O–H groups in total. The molecule has 2 aromatic heterocycles. The number of amides is 1. The van der Waals surface area contributed by atoms with Gasteiger partial charge in [-0.05, 0) is 30.7 Å². The highest BCUT2D eigenvalue weighted by atomic mass is 16.2. The summed E-state index contributed by atoms with van der Waals surface area (Å²) in [5.74, 6) is -0.327. The number of anilines is 1. The Bertz CT molecular complexity index is 892. The molecule has 23 heavy (non-hydrogen) atoms. The molecule has 1 aromatic carbocycles.